The van der Waals surface area contributed by atoms with Crippen LogP contribution in [-0.2, 0) is 5.41 Å². The molecule has 8 aromatic rings. The van der Waals surface area contributed by atoms with E-state index in [9.17, 15) is 0 Å². The van der Waals surface area contributed by atoms with E-state index in [-0.39, 0.29) is 5.41 Å². The van der Waals surface area contributed by atoms with Crippen molar-refractivity contribution in [1.82, 2.24) is 0 Å². The number of hydrogen-bond donors (Lipinski definition) is 0. The van der Waals surface area contributed by atoms with Crippen LogP contribution in [0, 0.1) is 0 Å². The van der Waals surface area contributed by atoms with E-state index in [0.717, 1.165) is 33.3 Å². The monoisotopic (exact) mass is 577 g/mol. The average Bonchev–Trinajstić information content (AvgIpc) is 3.58. The summed E-state index contributed by atoms with van der Waals surface area (Å²) >= 11 is 0. The second-order valence-electron chi connectivity index (χ2n) is 12.5. The fourth-order valence-corrected chi connectivity index (χ4v) is 7.65. The van der Waals surface area contributed by atoms with Crippen LogP contribution >= 0.6 is 0 Å². The maximum atomic E-state index is 6.41. The van der Waals surface area contributed by atoms with Crippen molar-refractivity contribution in [1.29, 1.82) is 0 Å². The SMILES string of the molecule is CC1(C)c2ccccc2-c2cccc(N(c3cccc(-c4cccc5ccccc45)c3)c3cccc4oc5ccccc5c34)c21. The minimum Gasteiger partial charge on any atom is -0.456 e. The molecule has 7 aromatic carbocycles. The zero-order valence-corrected chi connectivity index (χ0v) is 25.3. The number of furan rings is 1. The number of anilines is 3. The quantitative estimate of drug-likeness (QED) is 0.207. The molecule has 2 heteroatoms. The number of fused-ring (bicyclic) bond motifs is 7. The largest absolute Gasteiger partial charge is 0.456 e. The standard InChI is InChI=1S/C43H31NO/c1-43(2)36-22-7-5-18-33(36)34-21-11-24-38(42(34)43)44(37-23-12-26-40-41(37)35-19-6-8-25-39(35)45-40)30-16-9-15-29(27-30)32-20-10-14-28-13-3-4-17-31(28)32/h3-27H,1-2H3. The van der Waals surface area contributed by atoms with Gasteiger partial charge in [-0.2, -0.15) is 0 Å². The smallest absolute Gasteiger partial charge is 0.137 e. The zero-order chi connectivity index (χ0) is 30.1. The highest BCUT2D eigenvalue weighted by atomic mass is 16.3. The minimum atomic E-state index is -0.180. The van der Waals surface area contributed by atoms with Gasteiger partial charge in [-0.25, -0.2) is 0 Å². The molecule has 1 aliphatic carbocycles. The van der Waals surface area contributed by atoms with Gasteiger partial charge in [0.2, 0.25) is 0 Å². The van der Waals surface area contributed by atoms with Crippen LogP contribution < -0.4 is 4.90 Å². The summed E-state index contributed by atoms with van der Waals surface area (Å²) in [5.41, 5.74) is 12.7. The van der Waals surface area contributed by atoms with Gasteiger partial charge in [0.1, 0.15) is 11.2 Å². The Balaban J connectivity index is 1.35. The van der Waals surface area contributed by atoms with Crippen molar-refractivity contribution in [3.05, 3.63) is 163 Å². The highest BCUT2D eigenvalue weighted by Gasteiger charge is 2.39. The molecule has 9 rings (SSSR count). The molecule has 0 amide bonds. The van der Waals surface area contributed by atoms with Crippen molar-refractivity contribution in [3.63, 3.8) is 0 Å². The van der Waals surface area contributed by atoms with Crippen molar-refractivity contribution >= 4 is 49.8 Å². The molecule has 214 valence electrons. The lowest BCUT2D eigenvalue weighted by Crippen LogP contribution is -2.20. The number of nitrogens with zero attached hydrogens (tertiary/aromatic N) is 1. The van der Waals surface area contributed by atoms with Crippen molar-refractivity contribution in [2.45, 2.75) is 19.3 Å². The predicted octanol–water partition coefficient (Wildman–Crippen LogP) is 12.2. The van der Waals surface area contributed by atoms with E-state index in [0.29, 0.717) is 0 Å². The Labute approximate surface area is 262 Å². The molecule has 0 spiro atoms. The molecule has 0 bridgehead atoms. The van der Waals surface area contributed by atoms with Crippen LogP contribution in [0.2, 0.25) is 0 Å². The maximum absolute atomic E-state index is 6.41. The second-order valence-corrected chi connectivity index (χ2v) is 12.5. The van der Waals surface area contributed by atoms with Gasteiger partial charge in [-0.1, -0.05) is 129 Å². The van der Waals surface area contributed by atoms with Crippen molar-refractivity contribution in [2.24, 2.45) is 0 Å². The van der Waals surface area contributed by atoms with Gasteiger partial charge in [0.05, 0.1) is 16.8 Å². The molecule has 0 unspecified atom stereocenters. The van der Waals surface area contributed by atoms with Crippen LogP contribution in [0.15, 0.2) is 156 Å². The van der Waals surface area contributed by atoms with Crippen LogP contribution in [0.25, 0.3) is 55.0 Å². The first-order valence-electron chi connectivity index (χ1n) is 15.6. The molecule has 0 saturated carbocycles. The van der Waals surface area contributed by atoms with E-state index in [1.165, 1.54) is 49.8 Å². The van der Waals surface area contributed by atoms with Gasteiger partial charge in [0, 0.05) is 16.5 Å². The lowest BCUT2D eigenvalue weighted by molar-refractivity contribution is 0.661. The topological polar surface area (TPSA) is 16.4 Å². The van der Waals surface area contributed by atoms with Crippen LogP contribution in [0.3, 0.4) is 0 Å². The third-order valence-electron chi connectivity index (χ3n) is 9.63. The van der Waals surface area contributed by atoms with Crippen LogP contribution in [0.5, 0.6) is 0 Å². The van der Waals surface area contributed by atoms with Gasteiger partial charge in [-0.05, 0) is 80.6 Å². The molecule has 0 atom stereocenters. The normalized spacial score (nSPS) is 13.3. The van der Waals surface area contributed by atoms with Crippen molar-refractivity contribution in [2.75, 3.05) is 4.90 Å². The molecule has 0 fully saturated rings. The zero-order valence-electron chi connectivity index (χ0n) is 25.3. The molecule has 1 heterocycles. The van der Waals surface area contributed by atoms with Gasteiger partial charge in [0.25, 0.3) is 0 Å². The van der Waals surface area contributed by atoms with E-state index >= 15 is 0 Å². The summed E-state index contributed by atoms with van der Waals surface area (Å²) in [5.74, 6) is 0. The van der Waals surface area contributed by atoms with Crippen LogP contribution in [0.4, 0.5) is 17.1 Å². The van der Waals surface area contributed by atoms with Gasteiger partial charge in [-0.15, -0.1) is 0 Å². The number of benzene rings is 7. The van der Waals surface area contributed by atoms with E-state index in [1.807, 2.05) is 6.07 Å². The first-order valence-corrected chi connectivity index (χ1v) is 15.6. The summed E-state index contributed by atoms with van der Waals surface area (Å²) in [6.45, 7) is 4.72. The molecule has 0 saturated heterocycles. The molecule has 0 aliphatic heterocycles. The lowest BCUT2D eigenvalue weighted by atomic mass is 9.81. The van der Waals surface area contributed by atoms with Crippen LogP contribution in [0.1, 0.15) is 25.0 Å². The molecular weight excluding hydrogens is 546 g/mol. The Bertz CT molecular complexity index is 2420. The predicted molar refractivity (Wildman–Crippen MR) is 189 cm³/mol. The Kier molecular flexibility index (Phi) is 5.58. The van der Waals surface area contributed by atoms with Crippen molar-refractivity contribution in [3.8, 4) is 22.3 Å². The fourth-order valence-electron chi connectivity index (χ4n) is 7.65. The molecule has 1 aliphatic rings. The highest BCUT2D eigenvalue weighted by molar-refractivity contribution is 6.14. The minimum absolute atomic E-state index is 0.180. The van der Waals surface area contributed by atoms with Crippen molar-refractivity contribution < 1.29 is 4.42 Å². The molecule has 2 nitrogen and oxygen atoms in total. The first-order chi connectivity index (χ1) is 22.1. The first kappa shape index (κ1) is 25.9. The van der Waals surface area contributed by atoms with Gasteiger partial charge in [0.15, 0.2) is 0 Å². The molecule has 45 heavy (non-hydrogen) atoms. The Morgan fingerprint density at radius 3 is 2.09 bits per heavy atom. The van der Waals surface area contributed by atoms with E-state index in [4.69, 9.17) is 4.42 Å². The fraction of sp³-hybridized carbons (Fsp3) is 0.0698. The van der Waals surface area contributed by atoms with E-state index in [1.54, 1.807) is 0 Å². The molecule has 0 radical (unpaired) electrons. The average molecular weight is 578 g/mol. The number of hydrogen-bond acceptors (Lipinski definition) is 2. The second kappa shape index (κ2) is 9.70. The highest BCUT2D eigenvalue weighted by Crippen LogP contribution is 2.55. The summed E-state index contributed by atoms with van der Waals surface area (Å²) in [6.07, 6.45) is 0. The summed E-state index contributed by atoms with van der Waals surface area (Å²) in [5, 5.41) is 4.74. The Morgan fingerprint density at radius 2 is 1.16 bits per heavy atom. The van der Waals surface area contributed by atoms with Gasteiger partial charge >= 0.3 is 0 Å². The lowest BCUT2D eigenvalue weighted by Gasteiger charge is -2.32. The van der Waals surface area contributed by atoms with Crippen LogP contribution in [-0.4, -0.2) is 0 Å². The molecular formula is C43H31NO. The molecule has 0 N–H and O–H groups in total. The number of rotatable bonds is 4. The number of para-hydroxylation sites is 1. The molecule has 1 aromatic heterocycles. The maximum Gasteiger partial charge on any atom is 0.137 e. The van der Waals surface area contributed by atoms with E-state index < -0.39 is 0 Å². The van der Waals surface area contributed by atoms with E-state index in [2.05, 4.69) is 164 Å². The summed E-state index contributed by atoms with van der Waals surface area (Å²) in [4.78, 5) is 2.46. The third-order valence-corrected chi connectivity index (χ3v) is 9.63. The van der Waals surface area contributed by atoms with Gasteiger partial charge in [-0.3, -0.25) is 0 Å². The Hall–Kier alpha value is -5.60. The Morgan fingerprint density at radius 1 is 0.511 bits per heavy atom. The summed E-state index contributed by atoms with van der Waals surface area (Å²) < 4.78 is 6.41. The summed E-state index contributed by atoms with van der Waals surface area (Å²) in [6, 6.07) is 54.7. The third kappa shape index (κ3) is 3.82. The summed E-state index contributed by atoms with van der Waals surface area (Å²) in [7, 11) is 0. The van der Waals surface area contributed by atoms with Gasteiger partial charge < -0.3 is 9.32 Å².